The second kappa shape index (κ2) is 8.63. The fourth-order valence-electron chi connectivity index (χ4n) is 1.77. The average Bonchev–Trinajstić information content (AvgIpc) is 2.41. The van der Waals surface area contributed by atoms with Crippen LogP contribution >= 0.6 is 0 Å². The fraction of sp³-hybridized carbons (Fsp3) is 0.357. The van der Waals surface area contributed by atoms with Crippen molar-refractivity contribution in [2.24, 2.45) is 0 Å². The van der Waals surface area contributed by atoms with E-state index in [9.17, 15) is 14.4 Å². The van der Waals surface area contributed by atoms with E-state index in [1.165, 1.54) is 0 Å². The number of hydrogen-bond acceptors (Lipinski definition) is 4. The number of anilines is 1. The van der Waals surface area contributed by atoms with Gasteiger partial charge in [-0.05, 0) is 0 Å². The van der Waals surface area contributed by atoms with Gasteiger partial charge >= 0.3 is 136 Å². The summed E-state index contributed by atoms with van der Waals surface area (Å²) in [6.07, 6.45) is -0.393. The van der Waals surface area contributed by atoms with Gasteiger partial charge in [-0.1, -0.05) is 0 Å². The van der Waals surface area contributed by atoms with Gasteiger partial charge < -0.3 is 0 Å². The quantitative estimate of drug-likeness (QED) is 0.528. The Hall–Kier alpha value is -1.76. The van der Waals surface area contributed by atoms with E-state index in [2.05, 4.69) is 9.30 Å². The predicted octanol–water partition coefficient (Wildman–Crippen LogP) is 1.18. The second-order valence-electron chi connectivity index (χ2n) is 4.68. The number of hydrogen-bond donors (Lipinski definition) is 4. The summed E-state index contributed by atoms with van der Waals surface area (Å²) in [6.45, 7) is 3.69. The van der Waals surface area contributed by atoms with Crippen LogP contribution in [-0.4, -0.2) is 34.1 Å². The number of amides is 1. The third kappa shape index (κ3) is 5.93. The third-order valence-corrected chi connectivity index (χ3v) is 4.73. The molecular weight excluding hydrogens is 374 g/mol. The summed E-state index contributed by atoms with van der Waals surface area (Å²) in [4.78, 5) is 33.6. The number of aryl methyl sites for hydroxylation is 2. The van der Waals surface area contributed by atoms with Crippen molar-refractivity contribution in [3.05, 3.63) is 29.3 Å². The van der Waals surface area contributed by atoms with Crippen LogP contribution in [0.4, 0.5) is 5.69 Å². The monoisotopic (exact) mass is 391 g/mol. The molecule has 0 radical (unpaired) electrons. The Balaban J connectivity index is 2.78. The SMILES string of the molecule is Cc1cccc(C)c1NC(=O)C(CC(=O)O)[NH][Tc][CH2]C(=O)O. The first-order chi connectivity index (χ1) is 10.3. The minimum absolute atomic E-state index is 0.0777. The molecule has 22 heavy (non-hydrogen) atoms. The molecule has 0 aliphatic carbocycles. The molecule has 0 saturated carbocycles. The van der Waals surface area contributed by atoms with E-state index >= 15 is 0 Å². The number of carbonyl (C=O) groups excluding carboxylic acids is 1. The van der Waals surface area contributed by atoms with Gasteiger partial charge in [-0.15, -0.1) is 0 Å². The van der Waals surface area contributed by atoms with Crippen molar-refractivity contribution in [3.8, 4) is 0 Å². The molecule has 0 bridgehead atoms. The van der Waals surface area contributed by atoms with Crippen LogP contribution in [0.1, 0.15) is 17.5 Å². The van der Waals surface area contributed by atoms with Gasteiger partial charge in [0, 0.05) is 0 Å². The number of benzene rings is 1. The molecule has 0 aliphatic heterocycles. The van der Waals surface area contributed by atoms with E-state index in [0.29, 0.717) is 5.69 Å². The first kappa shape index (κ1) is 18.3. The molecule has 1 aromatic rings. The molecule has 7 nitrogen and oxygen atoms in total. The standard InChI is InChI=1S/C12H15N2O3.C2H3O2.Tc/c1-7-4-3-5-8(2)11(7)14-12(17)9(13)6-10(15)16;1-2(3)4;/h3-5,9,13H,6H2,1-2H3,(H,14,17)(H,15,16);1H2,(H,3,4);/q-1;;+1. The van der Waals surface area contributed by atoms with E-state index in [0.717, 1.165) is 11.1 Å². The summed E-state index contributed by atoms with van der Waals surface area (Å²) in [5.74, 6) is -2.55. The van der Waals surface area contributed by atoms with Crippen LogP contribution in [-0.2, 0) is 32.3 Å². The van der Waals surface area contributed by atoms with Crippen LogP contribution in [0.5, 0.6) is 0 Å². The van der Waals surface area contributed by atoms with Gasteiger partial charge in [0.25, 0.3) is 0 Å². The molecule has 0 fully saturated rings. The summed E-state index contributed by atoms with van der Waals surface area (Å²) in [5.41, 5.74) is 2.41. The molecule has 1 amide bonds. The summed E-state index contributed by atoms with van der Waals surface area (Å²) in [7, 11) is 0. The molecular formula is C14H18N2O5Tc. The van der Waals surface area contributed by atoms with Crippen LogP contribution in [0, 0.1) is 13.8 Å². The number of carbonyl (C=O) groups is 3. The molecule has 8 heteroatoms. The van der Waals surface area contributed by atoms with Gasteiger partial charge in [0.1, 0.15) is 0 Å². The second-order valence-corrected chi connectivity index (χ2v) is 6.53. The fourth-order valence-corrected chi connectivity index (χ4v) is 3.13. The Morgan fingerprint density at radius 3 is 2.23 bits per heavy atom. The summed E-state index contributed by atoms with van der Waals surface area (Å²) in [6, 6.07) is 4.62. The van der Waals surface area contributed by atoms with Gasteiger partial charge in [-0.25, -0.2) is 0 Å². The van der Waals surface area contributed by atoms with Crippen molar-refractivity contribution in [1.82, 2.24) is 3.99 Å². The van der Waals surface area contributed by atoms with Crippen LogP contribution in [0.2, 0.25) is 4.93 Å². The topological polar surface area (TPSA) is 116 Å². The Kier molecular flexibility index (Phi) is 7.17. The van der Waals surface area contributed by atoms with Gasteiger partial charge in [-0.2, -0.15) is 0 Å². The molecule has 0 aliphatic rings. The third-order valence-electron chi connectivity index (χ3n) is 2.81. The Bertz CT molecular complexity index is 556. The molecule has 1 unspecified atom stereocenters. The molecule has 0 spiro atoms. The maximum absolute atomic E-state index is 12.3. The zero-order chi connectivity index (χ0) is 16.7. The number of nitrogens with one attached hydrogen (secondary N) is 2. The summed E-state index contributed by atoms with van der Waals surface area (Å²) >= 11 is -0.987. The Morgan fingerprint density at radius 2 is 1.73 bits per heavy atom. The van der Waals surface area contributed by atoms with Crippen LogP contribution in [0.15, 0.2) is 18.2 Å². The van der Waals surface area contributed by atoms with E-state index < -0.39 is 48.2 Å². The van der Waals surface area contributed by atoms with Gasteiger partial charge in [0.15, 0.2) is 0 Å². The number of para-hydroxylation sites is 1. The van der Waals surface area contributed by atoms with Crippen molar-refractivity contribution in [3.63, 3.8) is 0 Å². The van der Waals surface area contributed by atoms with Crippen molar-refractivity contribution < 1.29 is 42.5 Å². The number of aliphatic carboxylic acids is 2. The minimum atomic E-state index is -1.12. The first-order valence-electron chi connectivity index (χ1n) is 6.45. The number of carboxylic acids is 2. The van der Waals surface area contributed by atoms with Crippen molar-refractivity contribution in [2.45, 2.75) is 31.2 Å². The van der Waals surface area contributed by atoms with Gasteiger partial charge in [0.2, 0.25) is 0 Å². The maximum atomic E-state index is 12.3. The van der Waals surface area contributed by atoms with E-state index in [-0.39, 0.29) is 4.93 Å². The zero-order valence-electron chi connectivity index (χ0n) is 12.2. The number of carboxylic acid groups (broad SMARTS) is 2. The van der Waals surface area contributed by atoms with E-state index in [1.54, 1.807) is 0 Å². The summed E-state index contributed by atoms with van der Waals surface area (Å²) in [5, 5.41) is 20.2. The predicted molar refractivity (Wildman–Crippen MR) is 76.2 cm³/mol. The van der Waals surface area contributed by atoms with Gasteiger partial charge in [-0.3, -0.25) is 0 Å². The molecule has 0 aromatic heterocycles. The zero-order valence-corrected chi connectivity index (χ0v) is 14.1. The molecule has 1 aromatic carbocycles. The molecule has 1 rings (SSSR count). The van der Waals surface area contributed by atoms with Crippen molar-refractivity contribution in [1.29, 1.82) is 0 Å². The first-order valence-corrected chi connectivity index (χ1v) is 8.70. The van der Waals surface area contributed by atoms with E-state index in [4.69, 9.17) is 10.2 Å². The van der Waals surface area contributed by atoms with Crippen molar-refractivity contribution in [2.75, 3.05) is 5.32 Å². The number of rotatable bonds is 8. The van der Waals surface area contributed by atoms with Crippen molar-refractivity contribution >= 4 is 23.5 Å². The molecule has 0 saturated heterocycles. The molecule has 121 valence electrons. The van der Waals surface area contributed by atoms with Crippen LogP contribution in [0.3, 0.4) is 0 Å². The molecule has 1 atom stereocenters. The normalized spacial score (nSPS) is 11.7. The van der Waals surface area contributed by atoms with Crippen LogP contribution in [0.25, 0.3) is 0 Å². The molecule has 4 N–H and O–H groups in total. The average molecular weight is 392 g/mol. The summed E-state index contributed by atoms with van der Waals surface area (Å²) < 4.78 is 2.78. The molecule has 0 heterocycles. The Labute approximate surface area is 136 Å². The van der Waals surface area contributed by atoms with E-state index in [1.807, 2.05) is 32.0 Å². The van der Waals surface area contributed by atoms with Gasteiger partial charge in [0.05, 0.1) is 0 Å². The Morgan fingerprint density at radius 1 is 1.14 bits per heavy atom. The van der Waals surface area contributed by atoms with Crippen LogP contribution < -0.4 is 9.30 Å².